The van der Waals surface area contributed by atoms with Gasteiger partial charge >= 0.3 is 0 Å². The Morgan fingerprint density at radius 3 is 2.76 bits per heavy atom. The molecule has 4 aromatic rings. The fourth-order valence-corrected chi connectivity index (χ4v) is 7.14. The first kappa shape index (κ1) is 27.6. The van der Waals surface area contributed by atoms with Gasteiger partial charge < -0.3 is 24.8 Å². The molecule has 5 atom stereocenters. The molecule has 11 heteroatoms. The molecule has 2 aliphatic heterocycles. The smallest absolute Gasteiger partial charge is 0.226 e. The molecule has 2 aromatic heterocycles. The second kappa shape index (κ2) is 10.2. The quantitative estimate of drug-likeness (QED) is 0.258. The zero-order chi connectivity index (χ0) is 29.4. The fraction of sp³-hybridized carbons (Fsp3) is 0.387. The van der Waals surface area contributed by atoms with Crippen LogP contribution in [0.15, 0.2) is 30.3 Å². The highest BCUT2D eigenvalue weighted by atomic mass is 35.5. The number of hydrogen-bond donors (Lipinski definition) is 3. The molecule has 0 radical (unpaired) electrons. The first-order chi connectivity index (χ1) is 20.2. The normalized spacial score (nSPS) is 25.4. The first-order valence-electron chi connectivity index (χ1n) is 14.0. The van der Waals surface area contributed by atoms with Gasteiger partial charge in [0.2, 0.25) is 5.91 Å². The average Bonchev–Trinajstić information content (AvgIpc) is 3.61. The Balaban J connectivity index is 1.44. The van der Waals surface area contributed by atoms with Crippen LogP contribution in [0.1, 0.15) is 48.7 Å². The number of likely N-dealkylation sites (tertiary alicyclic amines) is 1. The van der Waals surface area contributed by atoms with E-state index in [9.17, 15) is 20.3 Å². The van der Waals surface area contributed by atoms with Crippen molar-refractivity contribution in [2.75, 3.05) is 0 Å². The maximum atomic E-state index is 16.5. The van der Waals surface area contributed by atoms with Crippen LogP contribution in [0.4, 0.5) is 4.39 Å². The maximum Gasteiger partial charge on any atom is 0.226 e. The van der Waals surface area contributed by atoms with Crippen LogP contribution in [0.5, 0.6) is 0 Å². The fourth-order valence-electron chi connectivity index (χ4n) is 6.75. The van der Waals surface area contributed by atoms with Gasteiger partial charge in [-0.05, 0) is 56.4 Å². The number of aliphatic hydroxyl groups is 2. The predicted octanol–water partition coefficient (Wildman–Crippen LogP) is 5.93. The summed E-state index contributed by atoms with van der Waals surface area (Å²) >= 11 is 12.8. The second-order valence-electron chi connectivity index (χ2n) is 11.4. The zero-order valence-electron chi connectivity index (χ0n) is 22.6. The third-order valence-corrected chi connectivity index (χ3v) is 9.70. The van der Waals surface area contributed by atoms with Crippen molar-refractivity contribution in [3.05, 3.63) is 63.1 Å². The van der Waals surface area contributed by atoms with Crippen LogP contribution >= 0.6 is 23.2 Å². The zero-order valence-corrected chi connectivity index (χ0v) is 24.1. The van der Waals surface area contributed by atoms with Gasteiger partial charge in [-0.3, -0.25) is 4.79 Å². The van der Waals surface area contributed by atoms with E-state index in [1.54, 1.807) is 30.0 Å². The van der Waals surface area contributed by atoms with Gasteiger partial charge in [0.15, 0.2) is 18.4 Å². The molecule has 2 aromatic carbocycles. The van der Waals surface area contributed by atoms with E-state index >= 15 is 4.39 Å². The number of carbonyl (C=O) groups excluding carboxylic acids is 1. The molecule has 3 fully saturated rings. The van der Waals surface area contributed by atoms with E-state index in [1.807, 2.05) is 12.1 Å². The Morgan fingerprint density at radius 1 is 1.24 bits per heavy atom. The summed E-state index contributed by atoms with van der Waals surface area (Å²) in [6, 6.07) is 9.74. The van der Waals surface area contributed by atoms with Gasteiger partial charge in [-0.25, -0.2) is 9.37 Å². The molecule has 1 amide bonds. The van der Waals surface area contributed by atoms with E-state index in [-0.39, 0.29) is 45.8 Å². The Kier molecular flexibility index (Phi) is 6.68. The number of nitriles is 1. The number of halogens is 3. The molecule has 5 unspecified atom stereocenters. The minimum atomic E-state index is -1.29. The van der Waals surface area contributed by atoms with E-state index in [1.165, 1.54) is 0 Å². The van der Waals surface area contributed by atoms with Crippen molar-refractivity contribution in [2.24, 2.45) is 11.8 Å². The monoisotopic (exact) mass is 608 g/mol. The SMILES string of the molecule is Cc1nc2c(F)c(-c3cccc(Cl)c3Cl)c(CCC#N)cc2c2[nH]c(C3C4CC(C(O)OC4O)N3C(=O)C3CC3)cc12. The third-order valence-electron chi connectivity index (χ3n) is 8.88. The number of fused-ring (bicyclic) bond motifs is 5. The van der Waals surface area contributed by atoms with E-state index in [4.69, 9.17) is 27.9 Å². The minimum Gasteiger partial charge on any atom is -0.368 e. The van der Waals surface area contributed by atoms with Gasteiger partial charge in [0, 0.05) is 51.5 Å². The number of rotatable bonds is 5. The Labute approximate surface area is 250 Å². The summed E-state index contributed by atoms with van der Waals surface area (Å²) in [6.07, 6.45) is -0.103. The molecule has 2 bridgehead atoms. The summed E-state index contributed by atoms with van der Waals surface area (Å²) in [5.74, 6) is -1.18. The number of carbonyl (C=O) groups is 1. The molecule has 42 heavy (non-hydrogen) atoms. The van der Waals surface area contributed by atoms with E-state index in [0.717, 1.165) is 18.2 Å². The summed E-state index contributed by atoms with van der Waals surface area (Å²) in [6.45, 7) is 1.79. The number of aromatic nitrogens is 2. The lowest BCUT2D eigenvalue weighted by Crippen LogP contribution is -2.46. The van der Waals surface area contributed by atoms with Crippen molar-refractivity contribution in [1.29, 1.82) is 5.26 Å². The molecular formula is C31H27Cl2FN4O4. The molecule has 3 aliphatic rings. The van der Waals surface area contributed by atoms with Crippen molar-refractivity contribution < 1.29 is 24.1 Å². The van der Waals surface area contributed by atoms with Gasteiger partial charge in [0.25, 0.3) is 0 Å². The van der Waals surface area contributed by atoms with E-state index in [0.29, 0.717) is 39.8 Å². The van der Waals surface area contributed by atoms with Crippen LogP contribution in [-0.4, -0.2) is 49.6 Å². The van der Waals surface area contributed by atoms with Gasteiger partial charge in [0.05, 0.1) is 33.7 Å². The van der Waals surface area contributed by atoms with Gasteiger partial charge in [-0.2, -0.15) is 5.26 Å². The second-order valence-corrected chi connectivity index (χ2v) is 12.2. The lowest BCUT2D eigenvalue weighted by Gasteiger charge is -2.31. The van der Waals surface area contributed by atoms with Crippen LogP contribution in [-0.2, 0) is 16.0 Å². The number of aliphatic hydroxyl groups excluding tert-OH is 2. The lowest BCUT2D eigenvalue weighted by atomic mass is 9.93. The summed E-state index contributed by atoms with van der Waals surface area (Å²) < 4.78 is 21.9. The first-order valence-corrected chi connectivity index (χ1v) is 14.7. The van der Waals surface area contributed by atoms with Crippen molar-refractivity contribution in [1.82, 2.24) is 14.9 Å². The van der Waals surface area contributed by atoms with Crippen LogP contribution in [0.2, 0.25) is 10.0 Å². The number of H-pyrrole nitrogens is 1. The molecule has 0 spiro atoms. The molecule has 1 saturated carbocycles. The number of pyridine rings is 1. The van der Waals surface area contributed by atoms with Gasteiger partial charge in [-0.15, -0.1) is 0 Å². The van der Waals surface area contributed by atoms with Gasteiger partial charge in [-0.1, -0.05) is 35.3 Å². The molecule has 216 valence electrons. The highest BCUT2D eigenvalue weighted by Gasteiger charge is 2.56. The topological polar surface area (TPSA) is 122 Å². The summed E-state index contributed by atoms with van der Waals surface area (Å²) in [5.41, 5.74) is 3.25. The molecule has 3 N–H and O–H groups in total. The maximum absolute atomic E-state index is 16.5. The van der Waals surface area contributed by atoms with E-state index < -0.39 is 36.4 Å². The number of aryl methyl sites for hydroxylation is 2. The number of aromatic amines is 1. The molecule has 7 rings (SSSR count). The van der Waals surface area contributed by atoms with Crippen molar-refractivity contribution in [2.45, 2.75) is 63.7 Å². The molecular weight excluding hydrogens is 582 g/mol. The van der Waals surface area contributed by atoms with Crippen LogP contribution in [0.3, 0.4) is 0 Å². The Morgan fingerprint density at radius 2 is 2.02 bits per heavy atom. The lowest BCUT2D eigenvalue weighted by molar-refractivity contribution is -0.253. The number of hydrogen-bond acceptors (Lipinski definition) is 6. The molecule has 4 heterocycles. The Bertz CT molecular complexity index is 1820. The van der Waals surface area contributed by atoms with Crippen LogP contribution in [0, 0.1) is 35.9 Å². The number of nitrogens with one attached hydrogen (secondary N) is 1. The number of nitrogens with zero attached hydrogens (tertiary/aromatic N) is 3. The number of amides is 1. The van der Waals surface area contributed by atoms with Crippen molar-refractivity contribution >= 4 is 50.9 Å². The standard InChI is InChI=1S/C31H27Cl2FN4O4/c1-13-17-11-21(28-19-12-22(31(41)42-30(19)40)38(28)29(39)14-7-8-14)37-26(17)18-10-15(4-3-9-35)23(25(34)27(18)36-13)16-5-2-6-20(32)24(16)33/h2,5-6,10-11,14,19,22,28,30-31,37,40-41H,3-4,7-8,12H2,1H3. The number of benzene rings is 2. The highest BCUT2D eigenvalue weighted by molar-refractivity contribution is 6.43. The van der Waals surface area contributed by atoms with Crippen LogP contribution in [0.25, 0.3) is 32.9 Å². The van der Waals surface area contributed by atoms with Crippen LogP contribution < -0.4 is 0 Å². The van der Waals surface area contributed by atoms with Crippen molar-refractivity contribution in [3.8, 4) is 17.2 Å². The molecule has 8 nitrogen and oxygen atoms in total. The average molecular weight is 609 g/mol. The highest BCUT2D eigenvalue weighted by Crippen LogP contribution is 2.50. The molecule has 2 saturated heterocycles. The van der Waals surface area contributed by atoms with Gasteiger partial charge in [0.1, 0.15) is 5.52 Å². The third kappa shape index (κ3) is 4.20. The summed E-state index contributed by atoms with van der Waals surface area (Å²) in [5, 5.41) is 32.4. The van der Waals surface area contributed by atoms with Crippen molar-refractivity contribution in [3.63, 3.8) is 0 Å². The summed E-state index contributed by atoms with van der Waals surface area (Å²) in [4.78, 5) is 23.2. The predicted molar refractivity (Wildman–Crippen MR) is 155 cm³/mol. The van der Waals surface area contributed by atoms with E-state index in [2.05, 4.69) is 16.0 Å². The molecule has 1 aliphatic carbocycles. The Hall–Kier alpha value is -3.26. The minimum absolute atomic E-state index is 0.0597. The summed E-state index contributed by atoms with van der Waals surface area (Å²) in [7, 11) is 0. The number of ether oxygens (including phenoxy) is 1. The largest absolute Gasteiger partial charge is 0.368 e.